The van der Waals surface area contributed by atoms with E-state index in [2.05, 4.69) is 22.4 Å². The van der Waals surface area contributed by atoms with Crippen LogP contribution in [0, 0.1) is 26.7 Å². The van der Waals surface area contributed by atoms with Gasteiger partial charge in [-0.05, 0) is 57.4 Å². The average Bonchev–Trinajstić information content (AvgIpc) is 3.23. The summed E-state index contributed by atoms with van der Waals surface area (Å²) < 4.78 is 4.97. The number of amides is 2. The van der Waals surface area contributed by atoms with Gasteiger partial charge in [-0.15, -0.1) is 0 Å². The minimum absolute atomic E-state index is 0.0196. The van der Waals surface area contributed by atoms with Crippen molar-refractivity contribution < 1.29 is 14.1 Å². The number of aryl methyl sites for hydroxylation is 3. The normalized spacial score (nSPS) is 15.2. The maximum atomic E-state index is 12.9. The molecular weight excluding hydrogens is 356 g/mol. The number of piperidine rings is 1. The van der Waals surface area contributed by atoms with Crippen LogP contribution in [0.5, 0.6) is 0 Å². The standard InChI is InChI=1S/C21H24N4O3/c1-12-10-19(24-28-12)23-20(26)15-6-8-25(9-7-15)21(27)16-4-5-18-17(11-16)13(2)14(3)22-18/h4-5,10-11,15,22H,6-9H2,1-3H3,(H,23,24,26). The predicted octanol–water partition coefficient (Wildman–Crippen LogP) is 3.57. The monoisotopic (exact) mass is 380 g/mol. The van der Waals surface area contributed by atoms with E-state index in [1.54, 1.807) is 13.0 Å². The third-order valence-electron chi connectivity index (χ3n) is 5.59. The van der Waals surface area contributed by atoms with Gasteiger partial charge in [-0.3, -0.25) is 9.59 Å². The molecule has 3 heterocycles. The van der Waals surface area contributed by atoms with Gasteiger partial charge in [-0.25, -0.2) is 0 Å². The van der Waals surface area contributed by atoms with Crippen LogP contribution in [-0.4, -0.2) is 39.9 Å². The van der Waals surface area contributed by atoms with Gasteiger partial charge in [0, 0.05) is 47.2 Å². The summed E-state index contributed by atoms with van der Waals surface area (Å²) in [6.07, 6.45) is 1.28. The van der Waals surface area contributed by atoms with Crippen LogP contribution in [0.2, 0.25) is 0 Å². The SMILES string of the molecule is Cc1cc(NC(=O)C2CCN(C(=O)c3ccc4[nH]c(C)c(C)c4c3)CC2)no1. The van der Waals surface area contributed by atoms with E-state index in [1.165, 1.54) is 5.56 Å². The number of hydrogen-bond acceptors (Lipinski definition) is 4. The molecule has 2 amide bonds. The Morgan fingerprint density at radius 2 is 1.93 bits per heavy atom. The zero-order chi connectivity index (χ0) is 19.8. The zero-order valence-electron chi connectivity index (χ0n) is 16.3. The van der Waals surface area contributed by atoms with Crippen molar-refractivity contribution in [3.8, 4) is 0 Å². The topological polar surface area (TPSA) is 91.2 Å². The van der Waals surface area contributed by atoms with E-state index in [0.29, 0.717) is 43.1 Å². The second-order valence-corrected chi connectivity index (χ2v) is 7.51. The first-order valence-electron chi connectivity index (χ1n) is 9.55. The van der Waals surface area contributed by atoms with Crippen LogP contribution in [0.25, 0.3) is 10.9 Å². The number of aromatic nitrogens is 2. The molecule has 4 rings (SSSR count). The predicted molar refractivity (Wildman–Crippen MR) is 106 cm³/mol. The van der Waals surface area contributed by atoms with Crippen molar-refractivity contribution in [2.24, 2.45) is 5.92 Å². The first-order valence-corrected chi connectivity index (χ1v) is 9.55. The largest absolute Gasteiger partial charge is 0.360 e. The van der Waals surface area contributed by atoms with Gasteiger partial charge in [0.05, 0.1) is 0 Å². The van der Waals surface area contributed by atoms with E-state index in [0.717, 1.165) is 16.6 Å². The van der Waals surface area contributed by atoms with E-state index in [9.17, 15) is 9.59 Å². The fourth-order valence-electron chi connectivity index (χ4n) is 3.78. The van der Waals surface area contributed by atoms with Crippen molar-refractivity contribution >= 4 is 28.5 Å². The average molecular weight is 380 g/mol. The summed E-state index contributed by atoms with van der Waals surface area (Å²) in [5.41, 5.74) is 4.03. The number of benzene rings is 1. The first-order chi connectivity index (χ1) is 13.4. The van der Waals surface area contributed by atoms with Crippen molar-refractivity contribution in [3.05, 3.63) is 46.8 Å². The molecule has 7 heteroatoms. The molecule has 0 atom stereocenters. The van der Waals surface area contributed by atoms with E-state index in [1.807, 2.05) is 30.0 Å². The molecule has 2 N–H and O–H groups in total. The Kier molecular flexibility index (Phi) is 4.66. The number of H-pyrrole nitrogens is 1. The smallest absolute Gasteiger partial charge is 0.253 e. The number of carbonyl (C=O) groups is 2. The van der Waals surface area contributed by atoms with E-state index < -0.39 is 0 Å². The molecule has 28 heavy (non-hydrogen) atoms. The minimum Gasteiger partial charge on any atom is -0.360 e. The van der Waals surface area contributed by atoms with Gasteiger partial charge in [0.25, 0.3) is 5.91 Å². The molecular formula is C21H24N4O3. The molecule has 0 aliphatic carbocycles. The third-order valence-corrected chi connectivity index (χ3v) is 5.59. The summed E-state index contributed by atoms with van der Waals surface area (Å²) in [6, 6.07) is 7.48. The van der Waals surface area contributed by atoms with Crippen LogP contribution in [0.15, 0.2) is 28.8 Å². The lowest BCUT2D eigenvalue weighted by molar-refractivity contribution is -0.121. The Hall–Kier alpha value is -3.09. The summed E-state index contributed by atoms with van der Waals surface area (Å²) in [5, 5.41) is 7.66. The Morgan fingerprint density at radius 3 is 2.61 bits per heavy atom. The Labute approximate surface area is 163 Å². The Bertz CT molecular complexity index is 1040. The molecule has 2 aromatic heterocycles. The Balaban J connectivity index is 1.40. The number of likely N-dealkylation sites (tertiary alicyclic amines) is 1. The van der Waals surface area contributed by atoms with Crippen LogP contribution >= 0.6 is 0 Å². The van der Waals surface area contributed by atoms with Crippen molar-refractivity contribution in [2.75, 3.05) is 18.4 Å². The lowest BCUT2D eigenvalue weighted by atomic mass is 9.95. The molecule has 1 fully saturated rings. The number of carbonyl (C=O) groups excluding carboxylic acids is 2. The second kappa shape index (κ2) is 7.14. The summed E-state index contributed by atoms with van der Waals surface area (Å²) in [5.74, 6) is 0.913. The fraction of sp³-hybridized carbons (Fsp3) is 0.381. The number of nitrogens with one attached hydrogen (secondary N) is 2. The molecule has 0 bridgehead atoms. The van der Waals surface area contributed by atoms with Crippen LogP contribution in [0.4, 0.5) is 5.82 Å². The van der Waals surface area contributed by atoms with Crippen LogP contribution in [0.3, 0.4) is 0 Å². The van der Waals surface area contributed by atoms with Gasteiger partial charge < -0.3 is 19.7 Å². The van der Waals surface area contributed by atoms with Gasteiger partial charge in [0.15, 0.2) is 5.82 Å². The molecule has 0 spiro atoms. The van der Waals surface area contributed by atoms with Crippen molar-refractivity contribution in [1.29, 1.82) is 0 Å². The number of aromatic amines is 1. The summed E-state index contributed by atoms with van der Waals surface area (Å²) in [4.78, 5) is 30.5. The highest BCUT2D eigenvalue weighted by Gasteiger charge is 2.28. The van der Waals surface area contributed by atoms with Gasteiger partial charge in [-0.2, -0.15) is 0 Å². The van der Waals surface area contributed by atoms with Crippen molar-refractivity contribution in [1.82, 2.24) is 15.0 Å². The number of fused-ring (bicyclic) bond motifs is 1. The van der Waals surface area contributed by atoms with Gasteiger partial charge in [0.1, 0.15) is 5.76 Å². The van der Waals surface area contributed by atoms with Gasteiger partial charge >= 0.3 is 0 Å². The molecule has 7 nitrogen and oxygen atoms in total. The van der Waals surface area contributed by atoms with Gasteiger partial charge in [0.2, 0.25) is 5.91 Å². The number of nitrogens with zero attached hydrogens (tertiary/aromatic N) is 2. The van der Waals surface area contributed by atoms with Crippen LogP contribution in [0.1, 0.15) is 40.2 Å². The Morgan fingerprint density at radius 1 is 1.18 bits per heavy atom. The highest BCUT2D eigenvalue weighted by atomic mass is 16.5. The first kappa shape index (κ1) is 18.3. The highest BCUT2D eigenvalue weighted by Crippen LogP contribution is 2.25. The lowest BCUT2D eigenvalue weighted by Gasteiger charge is -2.31. The quantitative estimate of drug-likeness (QED) is 0.727. The summed E-state index contributed by atoms with van der Waals surface area (Å²) in [6.45, 7) is 7.01. The van der Waals surface area contributed by atoms with Crippen LogP contribution < -0.4 is 5.32 Å². The van der Waals surface area contributed by atoms with Crippen LogP contribution in [-0.2, 0) is 4.79 Å². The number of rotatable bonds is 3. The number of hydrogen-bond donors (Lipinski definition) is 2. The molecule has 1 aliphatic heterocycles. The molecule has 0 unspecified atom stereocenters. The van der Waals surface area contributed by atoms with Gasteiger partial charge in [-0.1, -0.05) is 5.16 Å². The molecule has 1 aliphatic rings. The zero-order valence-corrected chi connectivity index (χ0v) is 16.3. The van der Waals surface area contributed by atoms with E-state index >= 15 is 0 Å². The molecule has 1 aromatic carbocycles. The molecule has 146 valence electrons. The molecule has 0 radical (unpaired) electrons. The second-order valence-electron chi connectivity index (χ2n) is 7.51. The maximum Gasteiger partial charge on any atom is 0.253 e. The summed E-state index contributed by atoms with van der Waals surface area (Å²) >= 11 is 0. The summed E-state index contributed by atoms with van der Waals surface area (Å²) in [7, 11) is 0. The molecule has 3 aromatic rings. The highest BCUT2D eigenvalue weighted by molar-refractivity contribution is 5.99. The van der Waals surface area contributed by atoms with E-state index in [-0.39, 0.29) is 17.7 Å². The number of anilines is 1. The van der Waals surface area contributed by atoms with Crippen molar-refractivity contribution in [3.63, 3.8) is 0 Å². The molecule has 1 saturated heterocycles. The minimum atomic E-state index is -0.127. The lowest BCUT2D eigenvalue weighted by Crippen LogP contribution is -2.41. The fourth-order valence-corrected chi connectivity index (χ4v) is 3.78. The van der Waals surface area contributed by atoms with E-state index in [4.69, 9.17) is 4.52 Å². The maximum absolute atomic E-state index is 12.9. The third kappa shape index (κ3) is 3.40. The van der Waals surface area contributed by atoms with Crippen molar-refractivity contribution in [2.45, 2.75) is 33.6 Å². The molecule has 0 saturated carbocycles.